The maximum absolute atomic E-state index is 11.5. The fourth-order valence-corrected chi connectivity index (χ4v) is 2.93. The number of nitrogens with one attached hydrogen (secondary N) is 1. The van der Waals surface area contributed by atoms with Crippen molar-refractivity contribution >= 4 is 17.8 Å². The zero-order valence-electron chi connectivity index (χ0n) is 13.5. The Kier molecular flexibility index (Phi) is 7.14. The highest BCUT2D eigenvalue weighted by molar-refractivity contribution is 5.87. The zero-order chi connectivity index (χ0) is 18.4. The Labute approximate surface area is 139 Å². The third-order valence-electron chi connectivity index (χ3n) is 3.86. The molecular weight excluding hydrogens is 320 g/mol. The van der Waals surface area contributed by atoms with Crippen LogP contribution in [0.4, 0.5) is 0 Å². The molecule has 0 heterocycles. The molecule has 1 aliphatic carbocycles. The summed E-state index contributed by atoms with van der Waals surface area (Å²) in [6.07, 6.45) is -0.820. The molecule has 24 heavy (non-hydrogen) atoms. The monoisotopic (exact) mass is 344 g/mol. The highest BCUT2D eigenvalue weighted by Gasteiger charge is 2.42. The van der Waals surface area contributed by atoms with Crippen LogP contribution < -0.4 is 16.8 Å². The summed E-state index contributed by atoms with van der Waals surface area (Å²) in [7, 11) is 1.32. The molecule has 0 spiro atoms. The number of carboxylic acids is 1. The minimum atomic E-state index is -1.26. The number of methoxy groups -OCH3 is 1. The Balaban J connectivity index is 3.34. The first-order valence-corrected chi connectivity index (χ1v) is 7.32. The van der Waals surface area contributed by atoms with Crippen molar-refractivity contribution in [2.45, 2.75) is 37.6 Å². The normalized spacial score (nSPS) is 26.0. The van der Waals surface area contributed by atoms with Crippen molar-refractivity contribution in [2.75, 3.05) is 13.7 Å². The molecule has 10 nitrogen and oxygen atoms in total. The highest BCUT2D eigenvalue weighted by Crippen LogP contribution is 2.32. The quantitative estimate of drug-likeness (QED) is 0.217. The van der Waals surface area contributed by atoms with Crippen molar-refractivity contribution in [2.24, 2.45) is 22.4 Å². The van der Waals surface area contributed by atoms with Gasteiger partial charge in [-0.1, -0.05) is 0 Å². The van der Waals surface area contributed by atoms with Crippen LogP contribution in [0.5, 0.6) is 0 Å². The van der Waals surface area contributed by atoms with Gasteiger partial charge >= 0.3 is 5.97 Å². The second-order valence-corrected chi connectivity index (χ2v) is 5.59. The number of aliphatic imine (C=N–C) groups is 1. The summed E-state index contributed by atoms with van der Waals surface area (Å²) in [6.45, 7) is 0.714. The summed E-state index contributed by atoms with van der Waals surface area (Å²) in [5.41, 5.74) is 10.8. The summed E-state index contributed by atoms with van der Waals surface area (Å²) in [6, 6.07) is -1.55. The molecule has 0 fully saturated rings. The number of ether oxygens (including phenoxy) is 1. The van der Waals surface area contributed by atoms with Crippen molar-refractivity contribution in [3.63, 3.8) is 0 Å². The molecule has 0 unspecified atom stereocenters. The number of aliphatic hydroxyl groups is 2. The van der Waals surface area contributed by atoms with Crippen LogP contribution in [0.2, 0.25) is 0 Å². The first-order chi connectivity index (χ1) is 11.2. The topological polar surface area (TPSA) is 180 Å². The number of carbonyl (C=O) groups excluding carboxylic acids is 1. The van der Waals surface area contributed by atoms with E-state index in [1.165, 1.54) is 20.1 Å². The van der Waals surface area contributed by atoms with Gasteiger partial charge in [0.05, 0.1) is 24.8 Å². The molecule has 136 valence electrons. The van der Waals surface area contributed by atoms with Gasteiger partial charge in [-0.05, 0) is 12.5 Å². The van der Waals surface area contributed by atoms with Crippen LogP contribution in [0, 0.1) is 5.92 Å². The average Bonchev–Trinajstić information content (AvgIpc) is 2.49. The predicted molar refractivity (Wildman–Crippen MR) is 84.9 cm³/mol. The minimum absolute atomic E-state index is 0.00629. The molecule has 0 bridgehead atoms. The van der Waals surface area contributed by atoms with E-state index in [0.717, 1.165) is 0 Å². The smallest absolute Gasteiger partial charge is 0.331 e. The van der Waals surface area contributed by atoms with E-state index in [4.69, 9.17) is 16.2 Å². The molecule has 0 aliphatic heterocycles. The van der Waals surface area contributed by atoms with E-state index in [0.29, 0.717) is 0 Å². The second kappa shape index (κ2) is 8.62. The van der Waals surface area contributed by atoms with E-state index in [2.05, 4.69) is 10.3 Å². The number of aliphatic carboxylic acids is 1. The van der Waals surface area contributed by atoms with E-state index >= 15 is 0 Å². The second-order valence-electron chi connectivity index (χ2n) is 5.59. The maximum Gasteiger partial charge on any atom is 0.331 e. The van der Waals surface area contributed by atoms with Gasteiger partial charge in [0.2, 0.25) is 5.91 Å². The Hall–Kier alpha value is -2.17. The Morgan fingerprint density at radius 2 is 2.12 bits per heavy atom. The van der Waals surface area contributed by atoms with Gasteiger partial charge in [-0.15, -0.1) is 0 Å². The molecule has 1 aliphatic rings. The predicted octanol–water partition coefficient (Wildman–Crippen LogP) is -2.47. The Morgan fingerprint density at radius 1 is 1.50 bits per heavy atom. The van der Waals surface area contributed by atoms with E-state index in [9.17, 15) is 24.9 Å². The van der Waals surface area contributed by atoms with Gasteiger partial charge in [0.15, 0.2) is 5.96 Å². The first kappa shape index (κ1) is 19.9. The van der Waals surface area contributed by atoms with Crippen LogP contribution in [0.3, 0.4) is 0 Å². The van der Waals surface area contributed by atoms with Gasteiger partial charge < -0.3 is 36.8 Å². The molecule has 0 radical (unpaired) electrons. The van der Waals surface area contributed by atoms with Gasteiger partial charge in [0.25, 0.3) is 0 Å². The highest BCUT2D eigenvalue weighted by atomic mass is 16.5. The summed E-state index contributed by atoms with van der Waals surface area (Å²) >= 11 is 0. The molecule has 0 saturated carbocycles. The number of rotatable bonds is 7. The SMILES string of the molecule is CO[C@@H]([C@@H]1CC(C(=O)O)=C[C@H](N=C(N)N)[C@H]1NC(C)=O)[C@H](O)CO. The number of carbonyl (C=O) groups is 2. The van der Waals surface area contributed by atoms with Crippen LogP contribution in [0.1, 0.15) is 13.3 Å². The number of amides is 1. The minimum Gasteiger partial charge on any atom is -0.478 e. The van der Waals surface area contributed by atoms with Crippen molar-refractivity contribution in [3.8, 4) is 0 Å². The lowest BCUT2D eigenvalue weighted by molar-refractivity contribution is -0.133. The molecule has 1 amide bonds. The van der Waals surface area contributed by atoms with Gasteiger partial charge in [-0.3, -0.25) is 4.79 Å². The molecule has 0 aromatic carbocycles. The summed E-state index contributed by atoms with van der Waals surface area (Å²) in [4.78, 5) is 26.9. The van der Waals surface area contributed by atoms with E-state index in [1.54, 1.807) is 0 Å². The maximum atomic E-state index is 11.5. The standard InChI is InChI=1S/C14H24N4O6/c1-6(20)17-11-8(12(24-2)10(21)5-19)3-7(13(22)23)4-9(11)18-14(15)16/h4,8-12,19,21H,3,5H2,1-2H3,(H,17,20)(H,22,23)(H4,15,16,18)/t8-,9+,10-,11+,12+/m1/s1. The van der Waals surface area contributed by atoms with Crippen LogP contribution >= 0.6 is 0 Å². The molecule has 0 aromatic rings. The third kappa shape index (κ3) is 4.91. The van der Waals surface area contributed by atoms with Crippen molar-refractivity contribution in [3.05, 3.63) is 11.6 Å². The third-order valence-corrected chi connectivity index (χ3v) is 3.86. The van der Waals surface area contributed by atoms with E-state index < -0.39 is 42.8 Å². The number of hydrogen-bond donors (Lipinski definition) is 6. The lowest BCUT2D eigenvalue weighted by Crippen LogP contribution is -2.56. The number of hydrogen-bond acceptors (Lipinski definition) is 6. The van der Waals surface area contributed by atoms with Gasteiger partial charge in [-0.2, -0.15) is 0 Å². The molecular formula is C14H24N4O6. The van der Waals surface area contributed by atoms with Crippen molar-refractivity contribution in [1.29, 1.82) is 0 Å². The molecule has 10 heteroatoms. The van der Waals surface area contributed by atoms with Crippen LogP contribution in [-0.4, -0.2) is 71.2 Å². The molecule has 0 saturated heterocycles. The molecule has 1 rings (SSSR count). The fraction of sp³-hybridized carbons (Fsp3) is 0.643. The van der Waals surface area contributed by atoms with Gasteiger partial charge in [0.1, 0.15) is 6.10 Å². The van der Waals surface area contributed by atoms with Gasteiger partial charge in [-0.25, -0.2) is 9.79 Å². The van der Waals surface area contributed by atoms with Crippen molar-refractivity contribution < 1.29 is 29.6 Å². The Bertz CT molecular complexity index is 531. The molecule has 0 aromatic heterocycles. The molecule has 8 N–H and O–H groups in total. The largest absolute Gasteiger partial charge is 0.478 e. The van der Waals surface area contributed by atoms with Crippen molar-refractivity contribution in [1.82, 2.24) is 5.32 Å². The number of aliphatic hydroxyl groups excluding tert-OH is 2. The zero-order valence-corrected chi connectivity index (χ0v) is 13.5. The number of guanidine groups is 1. The fourth-order valence-electron chi connectivity index (χ4n) is 2.93. The van der Waals surface area contributed by atoms with Crippen LogP contribution in [-0.2, 0) is 14.3 Å². The Morgan fingerprint density at radius 3 is 2.54 bits per heavy atom. The molecule has 5 atom stereocenters. The van der Waals surface area contributed by atoms with Crippen LogP contribution in [0.25, 0.3) is 0 Å². The lowest BCUT2D eigenvalue weighted by atomic mass is 9.76. The van der Waals surface area contributed by atoms with E-state index in [-0.39, 0.29) is 23.9 Å². The first-order valence-electron chi connectivity index (χ1n) is 7.32. The summed E-state index contributed by atoms with van der Waals surface area (Å²) in [5, 5.41) is 31.2. The number of carboxylic acid groups (broad SMARTS) is 1. The summed E-state index contributed by atoms with van der Waals surface area (Å²) < 4.78 is 5.24. The number of nitrogens with two attached hydrogens (primary N) is 2. The number of nitrogens with zero attached hydrogens (tertiary/aromatic N) is 1. The van der Waals surface area contributed by atoms with E-state index in [1.807, 2.05) is 0 Å². The lowest BCUT2D eigenvalue weighted by Gasteiger charge is -2.40. The van der Waals surface area contributed by atoms with Crippen LogP contribution in [0.15, 0.2) is 16.6 Å². The van der Waals surface area contributed by atoms with Gasteiger partial charge in [0, 0.05) is 25.5 Å². The summed E-state index contributed by atoms with van der Waals surface area (Å²) in [5.74, 6) is -2.47. The average molecular weight is 344 g/mol.